The number of hydrogen-bond acceptors (Lipinski definition) is 25. The second-order valence-electron chi connectivity index (χ2n) is 36.1. The fraction of sp³-hybridized carbons (Fsp3) is 0.469. The summed E-state index contributed by atoms with van der Waals surface area (Å²) in [5, 5.41) is 52.2. The monoisotopic (exact) mass is 1990 g/mol. The van der Waals surface area contributed by atoms with Crippen molar-refractivity contribution in [3.63, 3.8) is 0 Å². The van der Waals surface area contributed by atoms with Crippen LogP contribution in [0.2, 0.25) is 0 Å². The van der Waals surface area contributed by atoms with Crippen LogP contribution in [0.1, 0.15) is 118 Å². The van der Waals surface area contributed by atoms with Gasteiger partial charge in [0.1, 0.15) is 83.7 Å². The first-order chi connectivity index (χ1) is 66.9. The van der Waals surface area contributed by atoms with E-state index in [1.54, 1.807) is 129 Å². The molecule has 5 aliphatic heterocycles. The van der Waals surface area contributed by atoms with Gasteiger partial charge in [0.2, 0.25) is 94.5 Å². The number of primary amides is 1. The molecule has 12 rings (SSSR count). The van der Waals surface area contributed by atoms with Crippen molar-refractivity contribution in [1.82, 2.24) is 88.1 Å². The Bertz CT molecular complexity index is 5800. The van der Waals surface area contributed by atoms with Crippen LogP contribution in [0, 0.1) is 11.8 Å². The van der Waals surface area contributed by atoms with E-state index in [0.717, 1.165) is 35.3 Å². The number of carbonyl (C=O) groups is 17. The summed E-state index contributed by atoms with van der Waals surface area (Å²) in [6.07, 6.45) is 0.0204. The number of fused-ring (bicyclic) bond motifs is 14. The molecule has 0 unspecified atom stereocenters. The van der Waals surface area contributed by atoms with E-state index < -0.39 is 215 Å². The quantitative estimate of drug-likeness (QED) is 0.0701. The number of aromatic nitrogens is 2. The molecule has 0 saturated carbocycles. The van der Waals surface area contributed by atoms with Gasteiger partial charge in [-0.2, -0.15) is 0 Å². The Labute approximate surface area is 820 Å². The number of nitrogens with zero attached hydrogens (tertiary/aromatic N) is 4. The maximum Gasteiger partial charge on any atom is 0.305 e. The van der Waals surface area contributed by atoms with Crippen molar-refractivity contribution >= 4 is 158 Å². The second-order valence-corrected chi connectivity index (χ2v) is 39.2. The Hall–Kier alpha value is -13.5. The van der Waals surface area contributed by atoms with Crippen LogP contribution in [0.4, 0.5) is 0 Å². The van der Waals surface area contributed by atoms with E-state index in [2.05, 4.69) is 68.5 Å². The Morgan fingerprint density at radius 3 is 1.41 bits per heavy atom. The van der Waals surface area contributed by atoms with Crippen LogP contribution >= 0.6 is 35.3 Å². The summed E-state index contributed by atoms with van der Waals surface area (Å²) in [4.78, 5) is 263. The van der Waals surface area contributed by atoms with Gasteiger partial charge in [-0.15, -0.1) is 35.3 Å². The average Bonchev–Trinajstić information content (AvgIpc) is 1.74. The molecule has 41 nitrogen and oxygen atoms in total. The van der Waals surface area contributed by atoms with E-state index in [1.807, 2.05) is 0 Å². The van der Waals surface area contributed by atoms with Crippen molar-refractivity contribution in [2.24, 2.45) is 23.3 Å². The summed E-state index contributed by atoms with van der Waals surface area (Å²) in [7, 11) is 4.31. The van der Waals surface area contributed by atoms with Crippen molar-refractivity contribution in [3.8, 4) is 17.2 Å². The minimum atomic E-state index is -1.97. The van der Waals surface area contributed by atoms with Gasteiger partial charge in [-0.1, -0.05) is 82.3 Å². The number of amides is 16. The zero-order chi connectivity index (χ0) is 101. The molecule has 0 spiro atoms. The van der Waals surface area contributed by atoms with Gasteiger partial charge in [-0.05, 0) is 144 Å². The summed E-state index contributed by atoms with van der Waals surface area (Å²) >= 11 is 2.76. The number of rotatable bonds is 14. The smallest absolute Gasteiger partial charge is 0.305 e. The molecule has 2 aromatic heterocycles. The van der Waals surface area contributed by atoms with Gasteiger partial charge >= 0.3 is 5.97 Å². The number of H-pyrrole nitrogens is 2. The lowest BCUT2D eigenvalue weighted by atomic mass is 9.97. The maximum atomic E-state index is 15.8. The standard InChI is InChI=1S/C96H121N19O22S3/c1-50(2)82-94(132)105-71(34-81(121)122)87(125)101-37-77(117)102-69(32-59-35-99-66-17-11-9-15-64(59)66)89(127)110-83(51(3)4)96(134)115-22-14-20-75(115)93(131)106-72(85(98)123)44-138-47-78(118)112-38-53-23-55(28-61(26-53)135-6)40-113-41-57-25-58(31-63(30-57)137-8)43-114(42-56-24-54(39-112)27-62(29-56)136-7)80(120)49-140-46-74(107-86(124)52(5)97)92(130)111-84-76(116)21-13-19-68(103-95(84)133)88(126)108-73(45-139-48-79(113)119)91(129)104-70(90(128)109-82)33-60-36-100-67-18-12-10-16-65(60)67/h9-12,15-18,23-31,35-36,50-52,68-76,82-84,99-100,116H,13-14,19-22,32-34,37-49,97H2,1-8H3,(H2,98,123)(H,101,125)(H,102,117)(H,103,133)(H,104,129)(H,105,132)(H,106,131)(H,107,124)(H,108,126)(H,109,128)(H,110,127)(H,111,130)(H,121,122)/t52-,68-,69-,70-,71-,72-,73-,74-,75-,76+,82-,83-,84-/m0/s1. The SMILES string of the molecule is COc1cc2cc(c1)CN1Cc3cc(cc(OC)c3)CN3Cc4cc(cc(OC)c4)CN(C2)C(=O)CSC[C@@H](C(N)=O)NC(=O)[C@@H]2CCCN2C(=O)[C@H](C(C)C)NC(=O)[C@H](Cc2c[nH]c4ccccc24)NC(=O)CNC(=O)[C@H](CC(=O)O)NC(=O)[C@H](C(C)C)NC(=O)[C@H](Cc2c[nH]c4ccccc24)NC(=O)[C@H](CSCC3=O)NC(=O)[C@@H]2CCC[C@@H](O)[C@H](NC(=O)[C@@H](NC(=O)[C@H](C)N)CSCC1=O)C(=O)N2. The molecule has 5 aliphatic rings. The molecule has 2 fully saturated rings. The first-order valence-electron chi connectivity index (χ1n) is 46.1. The zero-order valence-corrected chi connectivity index (χ0v) is 81.4. The first-order valence-corrected chi connectivity index (χ1v) is 49.6. The van der Waals surface area contributed by atoms with E-state index in [4.69, 9.17) is 25.7 Å². The molecular weight excluding hydrogens is 1870 g/mol. The molecule has 12 bridgehead atoms. The first kappa shape index (κ1) is 105. The van der Waals surface area contributed by atoms with Crippen molar-refractivity contribution in [3.05, 3.63) is 160 Å². The Kier molecular flexibility index (Phi) is 36.8. The summed E-state index contributed by atoms with van der Waals surface area (Å²) in [5.74, 6) is -18.7. The van der Waals surface area contributed by atoms with E-state index in [-0.39, 0.29) is 107 Å². The third kappa shape index (κ3) is 28.2. The van der Waals surface area contributed by atoms with E-state index in [0.29, 0.717) is 90.0 Å². The predicted molar refractivity (Wildman–Crippen MR) is 519 cm³/mol. The maximum absolute atomic E-state index is 15.8. The summed E-state index contributed by atoms with van der Waals surface area (Å²) in [6.45, 7) is 5.82. The minimum absolute atomic E-state index is 0.00961. The lowest BCUT2D eigenvalue weighted by molar-refractivity contribution is -0.143. The number of thioether (sulfide) groups is 3. The van der Waals surface area contributed by atoms with Gasteiger partial charge < -0.3 is 124 Å². The molecule has 0 aliphatic carbocycles. The van der Waals surface area contributed by atoms with Gasteiger partial charge in [0, 0.05) is 110 Å². The molecule has 16 amide bonds. The molecule has 13 atom stereocenters. The Morgan fingerprint density at radius 2 is 0.936 bits per heavy atom. The van der Waals surface area contributed by atoms with Gasteiger partial charge in [0.25, 0.3) is 0 Å². The Morgan fingerprint density at radius 1 is 0.479 bits per heavy atom. The fourth-order valence-corrected chi connectivity index (χ4v) is 20.2. The number of hydrogen-bond donors (Lipinski definition) is 17. The second kappa shape index (κ2) is 48.9. The number of aliphatic carboxylic acids is 1. The Balaban J connectivity index is 0.971. The number of ether oxygens (including phenoxy) is 3. The lowest BCUT2D eigenvalue weighted by Gasteiger charge is -2.32. The highest BCUT2D eigenvalue weighted by atomic mass is 32.2. The number of carbonyl (C=O) groups excluding carboxylic acids is 16. The number of methoxy groups -OCH3 is 3. The minimum Gasteiger partial charge on any atom is -0.497 e. The van der Waals surface area contributed by atoms with Gasteiger partial charge in [0.15, 0.2) is 0 Å². The molecule has 750 valence electrons. The molecule has 5 aromatic carbocycles. The van der Waals surface area contributed by atoms with Crippen LogP contribution in [-0.4, -0.2) is 288 Å². The van der Waals surface area contributed by atoms with Crippen molar-refractivity contribution in [2.45, 2.75) is 204 Å². The molecular formula is C96H121N19O22S3. The van der Waals surface area contributed by atoms with Crippen LogP contribution in [-0.2, 0) is 134 Å². The third-order valence-electron chi connectivity index (χ3n) is 24.8. The fourth-order valence-electron chi connectivity index (χ4n) is 17.3. The number of nitrogens with one attached hydrogen (secondary N) is 13. The molecule has 0 radical (unpaired) electrons. The highest BCUT2D eigenvalue weighted by Crippen LogP contribution is 2.32. The van der Waals surface area contributed by atoms with Crippen LogP contribution in [0.15, 0.2) is 116 Å². The van der Waals surface area contributed by atoms with Gasteiger partial charge in [-0.25, -0.2) is 0 Å². The molecule has 7 heterocycles. The number of aliphatic hydroxyl groups excluding tert-OH is 1. The number of carboxylic acids is 1. The average molecular weight is 1990 g/mol. The highest BCUT2D eigenvalue weighted by molar-refractivity contribution is 8.00. The van der Waals surface area contributed by atoms with Crippen LogP contribution in [0.25, 0.3) is 21.8 Å². The largest absolute Gasteiger partial charge is 0.497 e. The number of nitrogens with two attached hydrogens (primary N) is 2. The number of benzene rings is 5. The van der Waals surface area contributed by atoms with Crippen molar-refractivity contribution in [1.29, 1.82) is 0 Å². The van der Waals surface area contributed by atoms with E-state index >= 15 is 38.4 Å². The highest BCUT2D eigenvalue weighted by Gasteiger charge is 2.44. The van der Waals surface area contributed by atoms with E-state index in [1.165, 1.54) is 61.7 Å². The van der Waals surface area contributed by atoms with Crippen LogP contribution in [0.5, 0.6) is 17.2 Å². The molecule has 19 N–H and O–H groups in total. The number of aromatic amines is 2. The zero-order valence-electron chi connectivity index (χ0n) is 78.9. The topological polar surface area (TPSA) is 587 Å². The molecule has 140 heavy (non-hydrogen) atoms. The molecule has 44 heteroatoms. The number of carboxylic acid groups (broad SMARTS) is 1. The summed E-state index contributed by atoms with van der Waals surface area (Å²) in [5.41, 5.74) is 17.3. The van der Waals surface area contributed by atoms with Crippen molar-refractivity contribution < 1.29 is 106 Å². The van der Waals surface area contributed by atoms with Gasteiger partial charge in [0.05, 0.1) is 63.7 Å². The van der Waals surface area contributed by atoms with E-state index in [9.17, 15) is 53.4 Å². The van der Waals surface area contributed by atoms with Gasteiger partial charge in [-0.3, -0.25) is 81.5 Å². The number of para-hydroxylation sites is 2. The lowest BCUT2D eigenvalue weighted by Crippen LogP contribution is -2.63. The van der Waals surface area contributed by atoms with Crippen LogP contribution in [0.3, 0.4) is 0 Å². The molecule has 2 saturated heterocycles. The van der Waals surface area contributed by atoms with Crippen molar-refractivity contribution in [2.75, 3.05) is 68.9 Å². The van der Waals surface area contributed by atoms with Crippen LogP contribution < -0.4 is 84.2 Å². The summed E-state index contributed by atoms with van der Waals surface area (Å²) < 4.78 is 17.8. The number of aliphatic hydroxyl groups is 1. The normalized spacial score (nSPS) is 24.1. The third-order valence-corrected chi connectivity index (χ3v) is 27.8. The molecule has 7 aromatic rings. The summed E-state index contributed by atoms with van der Waals surface area (Å²) in [6, 6.07) is 11.0. The predicted octanol–water partition coefficient (Wildman–Crippen LogP) is 0.406.